The lowest BCUT2D eigenvalue weighted by Crippen LogP contribution is -2.53. The summed E-state index contributed by atoms with van der Waals surface area (Å²) in [4.78, 5) is 12.9. The van der Waals surface area contributed by atoms with Gasteiger partial charge in [0.15, 0.2) is 0 Å². The Hall–Kier alpha value is -1.81. The molecule has 0 radical (unpaired) electrons. The fourth-order valence-electron chi connectivity index (χ4n) is 3.77. The fourth-order valence-corrected chi connectivity index (χ4v) is 3.77. The number of nitrogens with two attached hydrogens (primary N) is 1. The predicted molar refractivity (Wildman–Crippen MR) is 93.6 cm³/mol. The molecule has 1 aromatic rings. The van der Waals surface area contributed by atoms with Crippen molar-refractivity contribution in [3.63, 3.8) is 0 Å². The van der Waals surface area contributed by atoms with E-state index >= 15 is 0 Å². The normalized spacial score (nSPS) is 24.4. The second-order valence-corrected chi connectivity index (χ2v) is 8.18. The maximum Gasteiger partial charge on any atom is 0.416 e. The van der Waals surface area contributed by atoms with E-state index < -0.39 is 46.4 Å². The van der Waals surface area contributed by atoms with E-state index in [9.17, 15) is 36.2 Å². The minimum absolute atomic E-state index is 0.0341. The molecule has 0 heterocycles. The summed E-state index contributed by atoms with van der Waals surface area (Å²) in [7, 11) is 0. The molecule has 0 aliphatic heterocycles. The van der Waals surface area contributed by atoms with Crippen molar-refractivity contribution < 1.29 is 36.2 Å². The number of carbonyl (C=O) groups excluding carboxylic acids is 1. The Morgan fingerprint density at radius 1 is 1.14 bits per heavy atom. The first-order valence-corrected chi connectivity index (χ1v) is 9.06. The zero-order valence-corrected chi connectivity index (χ0v) is 16.2. The number of rotatable bonds is 4. The van der Waals surface area contributed by atoms with Crippen LogP contribution in [0.1, 0.15) is 62.8 Å². The van der Waals surface area contributed by atoms with Gasteiger partial charge in [0.25, 0.3) is 0 Å². The van der Waals surface area contributed by atoms with E-state index in [4.69, 9.17) is 5.73 Å². The quantitative estimate of drug-likeness (QED) is 0.633. The monoisotopic (exact) mass is 426 g/mol. The van der Waals surface area contributed by atoms with Crippen LogP contribution in [0.15, 0.2) is 18.2 Å². The van der Waals surface area contributed by atoms with Gasteiger partial charge in [0.1, 0.15) is 0 Å². The van der Waals surface area contributed by atoms with Crippen LogP contribution in [-0.4, -0.2) is 22.7 Å². The highest BCUT2D eigenvalue weighted by Crippen LogP contribution is 2.47. The minimum Gasteiger partial charge on any atom is -0.389 e. The van der Waals surface area contributed by atoms with E-state index in [1.54, 1.807) is 0 Å². The van der Waals surface area contributed by atoms with Gasteiger partial charge >= 0.3 is 12.4 Å². The topological polar surface area (TPSA) is 75.3 Å². The molecule has 1 aliphatic rings. The molecule has 1 aliphatic carbocycles. The molecule has 3 atom stereocenters. The van der Waals surface area contributed by atoms with E-state index in [1.807, 2.05) is 0 Å². The third-order valence-electron chi connectivity index (χ3n) is 5.62. The van der Waals surface area contributed by atoms with Crippen molar-refractivity contribution in [2.75, 3.05) is 0 Å². The first kappa shape index (κ1) is 23.5. The number of nitrogens with one attached hydrogen (secondary N) is 1. The predicted octanol–water partition coefficient (Wildman–Crippen LogP) is 4.17. The summed E-state index contributed by atoms with van der Waals surface area (Å²) in [5.74, 6) is -0.656. The van der Waals surface area contributed by atoms with Crippen LogP contribution < -0.4 is 11.1 Å². The molecule has 1 saturated carbocycles. The van der Waals surface area contributed by atoms with Crippen molar-refractivity contribution in [3.05, 3.63) is 34.9 Å². The van der Waals surface area contributed by atoms with Gasteiger partial charge in [-0.25, -0.2) is 0 Å². The summed E-state index contributed by atoms with van der Waals surface area (Å²) in [5, 5.41) is 13.0. The fraction of sp³-hybridized carbons (Fsp3) is 0.632. The lowest BCUT2D eigenvalue weighted by atomic mass is 9.71. The van der Waals surface area contributed by atoms with Gasteiger partial charge in [-0.3, -0.25) is 4.79 Å². The highest BCUT2D eigenvalue weighted by Gasteiger charge is 2.54. The smallest absolute Gasteiger partial charge is 0.389 e. The number of alkyl halides is 6. The molecule has 164 valence electrons. The number of amides is 1. The lowest BCUT2D eigenvalue weighted by molar-refractivity contribution is -0.147. The second kappa shape index (κ2) is 7.46. The molecular weight excluding hydrogens is 402 g/mol. The van der Waals surface area contributed by atoms with Crippen molar-refractivity contribution >= 4 is 5.91 Å². The molecule has 0 bridgehead atoms. The Balaban J connectivity index is 2.39. The van der Waals surface area contributed by atoms with Crippen LogP contribution in [0.5, 0.6) is 0 Å². The zero-order chi connectivity index (χ0) is 22.4. The van der Waals surface area contributed by atoms with Crippen LogP contribution in [0.25, 0.3) is 0 Å². The molecule has 0 spiro atoms. The molecule has 0 aromatic heterocycles. The average molecular weight is 426 g/mol. The van der Waals surface area contributed by atoms with Crippen LogP contribution in [0.3, 0.4) is 0 Å². The van der Waals surface area contributed by atoms with Crippen molar-refractivity contribution in [1.82, 2.24) is 5.32 Å². The van der Waals surface area contributed by atoms with E-state index in [0.29, 0.717) is 18.6 Å². The highest BCUT2D eigenvalue weighted by molar-refractivity contribution is 5.84. The Morgan fingerprint density at radius 3 is 1.97 bits per heavy atom. The Morgan fingerprint density at radius 2 is 1.62 bits per heavy atom. The molecule has 1 unspecified atom stereocenters. The molecule has 1 aromatic carbocycles. The standard InChI is InChI=1S/C19H24F6N2O2/c1-10(27-15(28)17(16(2,3)29)5-4-14(26)9-17)11-6-12(18(20,21)22)8-13(7-11)19(23,24)25/h6-8,10,14,29H,4-5,9,26H2,1-3H3,(H,27,28)/t10?,14-,17-/m1/s1. The van der Waals surface area contributed by atoms with Gasteiger partial charge in [-0.05, 0) is 63.8 Å². The number of aliphatic hydroxyl groups is 1. The van der Waals surface area contributed by atoms with Gasteiger partial charge in [0.05, 0.1) is 28.2 Å². The van der Waals surface area contributed by atoms with E-state index in [2.05, 4.69) is 5.32 Å². The van der Waals surface area contributed by atoms with Gasteiger partial charge in [-0.2, -0.15) is 26.3 Å². The second-order valence-electron chi connectivity index (χ2n) is 8.18. The molecule has 10 heteroatoms. The minimum atomic E-state index is -4.98. The Kier molecular flexibility index (Phi) is 6.04. The van der Waals surface area contributed by atoms with Crippen LogP contribution in [0.2, 0.25) is 0 Å². The number of hydrogen-bond donors (Lipinski definition) is 3. The summed E-state index contributed by atoms with van der Waals surface area (Å²) in [6.45, 7) is 4.16. The summed E-state index contributed by atoms with van der Waals surface area (Å²) in [6, 6.07) is -0.295. The number of carbonyl (C=O) groups is 1. The molecule has 1 amide bonds. The molecule has 4 N–H and O–H groups in total. The highest BCUT2D eigenvalue weighted by atomic mass is 19.4. The largest absolute Gasteiger partial charge is 0.416 e. The molecular formula is C19H24F6N2O2. The van der Waals surface area contributed by atoms with Crippen molar-refractivity contribution in [1.29, 1.82) is 0 Å². The molecule has 0 saturated heterocycles. The molecule has 2 rings (SSSR count). The molecule has 1 fully saturated rings. The first-order valence-electron chi connectivity index (χ1n) is 9.06. The lowest BCUT2D eigenvalue weighted by Gasteiger charge is -2.40. The molecule has 4 nitrogen and oxygen atoms in total. The van der Waals surface area contributed by atoms with Gasteiger partial charge in [0, 0.05) is 6.04 Å². The van der Waals surface area contributed by atoms with E-state index in [1.165, 1.54) is 20.8 Å². The van der Waals surface area contributed by atoms with Crippen LogP contribution in [0, 0.1) is 5.41 Å². The van der Waals surface area contributed by atoms with Crippen LogP contribution >= 0.6 is 0 Å². The van der Waals surface area contributed by atoms with E-state index in [-0.39, 0.29) is 30.5 Å². The van der Waals surface area contributed by atoms with Crippen molar-refractivity contribution in [3.8, 4) is 0 Å². The maximum atomic E-state index is 13.1. The third-order valence-corrected chi connectivity index (χ3v) is 5.62. The Bertz CT molecular complexity index is 737. The van der Waals surface area contributed by atoms with Crippen LogP contribution in [0.4, 0.5) is 26.3 Å². The number of benzene rings is 1. The van der Waals surface area contributed by atoms with Gasteiger partial charge < -0.3 is 16.2 Å². The summed E-state index contributed by atoms with van der Waals surface area (Å²) in [5.41, 5.74) is -0.127. The first-order chi connectivity index (χ1) is 13.0. The number of halogens is 6. The Labute approximate surface area is 164 Å². The summed E-state index contributed by atoms with van der Waals surface area (Å²) >= 11 is 0. The zero-order valence-electron chi connectivity index (χ0n) is 16.2. The van der Waals surface area contributed by atoms with Crippen molar-refractivity contribution in [2.45, 2.75) is 70.1 Å². The van der Waals surface area contributed by atoms with Crippen molar-refractivity contribution in [2.24, 2.45) is 11.1 Å². The summed E-state index contributed by atoms with van der Waals surface area (Å²) in [6.07, 6.45) is -9.08. The van der Waals surface area contributed by atoms with Gasteiger partial charge in [-0.15, -0.1) is 0 Å². The van der Waals surface area contributed by atoms with Crippen LogP contribution in [-0.2, 0) is 17.1 Å². The van der Waals surface area contributed by atoms with Gasteiger partial charge in [-0.1, -0.05) is 0 Å². The van der Waals surface area contributed by atoms with Gasteiger partial charge in [0.2, 0.25) is 5.91 Å². The third kappa shape index (κ3) is 4.85. The average Bonchev–Trinajstić information content (AvgIpc) is 2.96. The number of hydrogen-bond acceptors (Lipinski definition) is 3. The maximum absolute atomic E-state index is 13.1. The SMILES string of the molecule is CC(NC(=O)[C@@]1(C(C)(C)O)CC[C@@H](N)C1)c1cc(C(F)(F)F)cc(C(F)(F)F)c1. The summed E-state index contributed by atoms with van der Waals surface area (Å²) < 4.78 is 78.4. The van der Waals surface area contributed by atoms with E-state index in [0.717, 1.165) is 0 Å². The molecule has 29 heavy (non-hydrogen) atoms.